The molecule has 1 aromatic rings. The highest BCUT2D eigenvalue weighted by atomic mass is 16.6. The van der Waals surface area contributed by atoms with E-state index >= 15 is 0 Å². The van der Waals surface area contributed by atoms with Gasteiger partial charge in [0.2, 0.25) is 5.90 Å². The first-order valence-corrected chi connectivity index (χ1v) is 9.61. The quantitative estimate of drug-likeness (QED) is 0.574. The fourth-order valence-corrected chi connectivity index (χ4v) is 6.07. The fourth-order valence-electron chi connectivity index (χ4n) is 6.07. The van der Waals surface area contributed by atoms with E-state index in [1.165, 1.54) is 44.1 Å². The van der Waals surface area contributed by atoms with Crippen molar-refractivity contribution in [3.05, 3.63) is 40.6 Å². The van der Waals surface area contributed by atoms with Gasteiger partial charge < -0.3 is 4.74 Å². The van der Waals surface area contributed by atoms with Crippen molar-refractivity contribution in [3.8, 4) is 0 Å². The van der Waals surface area contributed by atoms with Crippen LogP contribution in [0.1, 0.15) is 55.2 Å². The second-order valence-corrected chi connectivity index (χ2v) is 8.89. The topological polar surface area (TPSA) is 38.7 Å². The van der Waals surface area contributed by atoms with E-state index in [4.69, 9.17) is 9.73 Å². The first-order chi connectivity index (χ1) is 12.0. The number of hydrogen-bond donors (Lipinski definition) is 0. The van der Waals surface area contributed by atoms with Crippen molar-refractivity contribution in [2.75, 3.05) is 0 Å². The molecule has 5 aliphatic rings. The molecule has 0 radical (unpaired) electrons. The van der Waals surface area contributed by atoms with Gasteiger partial charge in [-0.2, -0.15) is 0 Å². The second-order valence-electron chi connectivity index (χ2n) is 8.89. The smallest absolute Gasteiger partial charge is 0.363 e. The lowest BCUT2D eigenvalue weighted by molar-refractivity contribution is -0.131. The van der Waals surface area contributed by atoms with Crippen molar-refractivity contribution in [2.45, 2.75) is 52.4 Å². The molecule has 4 fully saturated rings. The zero-order valence-electron chi connectivity index (χ0n) is 15.0. The number of ether oxygens (including phenoxy) is 1. The van der Waals surface area contributed by atoms with E-state index in [1.807, 2.05) is 6.08 Å². The molecule has 6 rings (SSSR count). The van der Waals surface area contributed by atoms with Gasteiger partial charge in [-0.1, -0.05) is 23.8 Å². The van der Waals surface area contributed by atoms with E-state index in [0.717, 1.165) is 34.8 Å². The highest BCUT2D eigenvalue weighted by molar-refractivity contribution is 6.09. The molecule has 130 valence electrons. The van der Waals surface area contributed by atoms with E-state index in [1.54, 1.807) is 0 Å². The Bertz CT molecular complexity index is 782. The van der Waals surface area contributed by atoms with Crippen molar-refractivity contribution < 1.29 is 9.53 Å². The maximum Gasteiger partial charge on any atom is 0.363 e. The molecule has 1 aliphatic heterocycles. The van der Waals surface area contributed by atoms with E-state index in [9.17, 15) is 4.79 Å². The number of nitrogens with zero attached hydrogens (tertiary/aromatic N) is 1. The third kappa shape index (κ3) is 2.47. The largest absolute Gasteiger partial charge is 0.406 e. The van der Waals surface area contributed by atoms with Crippen molar-refractivity contribution in [2.24, 2.45) is 28.2 Å². The van der Waals surface area contributed by atoms with E-state index in [0.29, 0.717) is 5.70 Å². The minimum Gasteiger partial charge on any atom is -0.406 e. The third-order valence-electron chi connectivity index (χ3n) is 6.84. The van der Waals surface area contributed by atoms with Gasteiger partial charge in [-0.25, -0.2) is 9.79 Å². The lowest BCUT2D eigenvalue weighted by Crippen LogP contribution is -2.50. The van der Waals surface area contributed by atoms with Gasteiger partial charge in [0.1, 0.15) is 0 Å². The molecular weight excluding hydrogens is 310 g/mol. The summed E-state index contributed by atoms with van der Waals surface area (Å²) in [4.78, 5) is 17.2. The molecule has 4 aliphatic carbocycles. The molecule has 0 amide bonds. The molecule has 0 spiro atoms. The molecule has 25 heavy (non-hydrogen) atoms. The minimum atomic E-state index is -0.272. The average Bonchev–Trinajstić information content (AvgIpc) is 2.91. The zero-order valence-corrected chi connectivity index (χ0v) is 15.0. The Hall–Kier alpha value is -1.90. The summed E-state index contributed by atoms with van der Waals surface area (Å²) in [6.07, 6.45) is 9.55. The molecule has 0 saturated heterocycles. The van der Waals surface area contributed by atoms with Crippen LogP contribution in [0.2, 0.25) is 0 Å². The summed E-state index contributed by atoms with van der Waals surface area (Å²) in [5.41, 5.74) is 3.92. The van der Waals surface area contributed by atoms with Crippen molar-refractivity contribution in [1.29, 1.82) is 0 Å². The summed E-state index contributed by atoms with van der Waals surface area (Å²) in [5, 5.41) is 0. The molecule has 4 saturated carbocycles. The van der Waals surface area contributed by atoms with Crippen LogP contribution in [0.5, 0.6) is 0 Å². The number of carbonyl (C=O) groups excluding carboxylic acids is 1. The Morgan fingerprint density at radius 3 is 2.36 bits per heavy atom. The molecule has 1 heterocycles. The fraction of sp³-hybridized carbons (Fsp3) is 0.545. The number of aliphatic imine (C=N–C) groups is 1. The van der Waals surface area contributed by atoms with E-state index in [-0.39, 0.29) is 11.4 Å². The number of benzene rings is 1. The lowest BCUT2D eigenvalue weighted by atomic mass is 9.49. The maximum absolute atomic E-state index is 12.5. The summed E-state index contributed by atoms with van der Waals surface area (Å²) in [6.45, 7) is 4.13. The van der Waals surface area contributed by atoms with Crippen LogP contribution >= 0.6 is 0 Å². The molecule has 0 N–H and O–H groups in total. The second kappa shape index (κ2) is 5.30. The van der Waals surface area contributed by atoms with Gasteiger partial charge >= 0.3 is 5.97 Å². The molecule has 3 nitrogen and oxygen atoms in total. The number of cyclic esters (lactones) is 1. The number of esters is 1. The Morgan fingerprint density at radius 2 is 1.72 bits per heavy atom. The molecular formula is C22H25NO2. The Morgan fingerprint density at radius 1 is 1.08 bits per heavy atom. The van der Waals surface area contributed by atoms with E-state index < -0.39 is 0 Å². The lowest BCUT2D eigenvalue weighted by Gasteiger charge is -2.55. The first-order valence-electron chi connectivity index (χ1n) is 9.61. The van der Waals surface area contributed by atoms with Crippen LogP contribution < -0.4 is 0 Å². The zero-order chi connectivity index (χ0) is 17.2. The van der Waals surface area contributed by atoms with Crippen LogP contribution in [-0.4, -0.2) is 11.9 Å². The average molecular weight is 335 g/mol. The van der Waals surface area contributed by atoms with Crippen molar-refractivity contribution >= 4 is 17.9 Å². The maximum atomic E-state index is 12.5. The summed E-state index contributed by atoms with van der Waals surface area (Å²) in [5.74, 6) is 2.92. The van der Waals surface area contributed by atoms with Crippen LogP contribution in [0, 0.1) is 37.0 Å². The predicted octanol–water partition coefficient (Wildman–Crippen LogP) is 4.82. The predicted molar refractivity (Wildman–Crippen MR) is 98.0 cm³/mol. The van der Waals surface area contributed by atoms with Gasteiger partial charge in [-0.15, -0.1) is 0 Å². The van der Waals surface area contributed by atoms with Gasteiger partial charge in [-0.05, 0) is 87.3 Å². The molecule has 0 unspecified atom stereocenters. The van der Waals surface area contributed by atoms with Crippen molar-refractivity contribution in [1.82, 2.24) is 0 Å². The highest BCUT2D eigenvalue weighted by Gasteiger charge is 2.55. The third-order valence-corrected chi connectivity index (χ3v) is 6.84. The van der Waals surface area contributed by atoms with E-state index in [2.05, 4.69) is 32.0 Å². The molecule has 0 atom stereocenters. The van der Waals surface area contributed by atoms with Gasteiger partial charge in [-0.3, -0.25) is 0 Å². The Labute approximate surface area is 149 Å². The van der Waals surface area contributed by atoms with Gasteiger partial charge in [0, 0.05) is 5.41 Å². The van der Waals surface area contributed by atoms with Gasteiger partial charge in [0.25, 0.3) is 0 Å². The minimum absolute atomic E-state index is 0.0433. The summed E-state index contributed by atoms with van der Waals surface area (Å²) in [6, 6.07) is 6.29. The number of hydrogen-bond acceptors (Lipinski definition) is 3. The molecule has 4 bridgehead atoms. The highest BCUT2D eigenvalue weighted by Crippen LogP contribution is 2.61. The first kappa shape index (κ1) is 15.4. The molecule has 1 aromatic carbocycles. The molecule has 3 heteroatoms. The number of carbonyl (C=O) groups is 1. The monoisotopic (exact) mass is 335 g/mol. The van der Waals surface area contributed by atoms with Crippen LogP contribution in [0.4, 0.5) is 0 Å². The SMILES string of the molecule is Cc1ccc(C)c(/C=C2\N=C(C34CC5CC(CC(C5)C3)C4)OC2=O)c1. The van der Waals surface area contributed by atoms with Crippen molar-refractivity contribution in [3.63, 3.8) is 0 Å². The molecule has 0 aromatic heterocycles. The van der Waals surface area contributed by atoms with Gasteiger partial charge in [0.05, 0.1) is 0 Å². The van der Waals surface area contributed by atoms with Crippen LogP contribution in [0.25, 0.3) is 6.08 Å². The normalized spacial score (nSPS) is 37.5. The summed E-state index contributed by atoms with van der Waals surface area (Å²) >= 11 is 0. The van der Waals surface area contributed by atoms with Crippen LogP contribution in [0.3, 0.4) is 0 Å². The van der Waals surface area contributed by atoms with Crippen LogP contribution in [0.15, 0.2) is 28.9 Å². The standard InChI is InChI=1S/C22H25NO2/c1-13-3-4-14(2)18(5-13)9-19-20(24)25-21(23-19)22-10-15-6-16(11-22)8-17(7-15)12-22/h3-5,9,15-17H,6-8,10-12H2,1-2H3/b19-9-. The number of rotatable bonds is 2. The summed E-state index contributed by atoms with van der Waals surface area (Å²) < 4.78 is 5.74. The van der Waals surface area contributed by atoms with Gasteiger partial charge in [0.15, 0.2) is 5.70 Å². The Kier molecular flexibility index (Phi) is 3.25. The number of aryl methyl sites for hydroxylation is 2. The Balaban J connectivity index is 1.50. The van der Waals surface area contributed by atoms with Crippen LogP contribution in [-0.2, 0) is 9.53 Å². The summed E-state index contributed by atoms with van der Waals surface area (Å²) in [7, 11) is 0.